The maximum absolute atomic E-state index is 12.7. The highest BCUT2D eigenvalue weighted by Gasteiger charge is 2.34. The van der Waals surface area contributed by atoms with Crippen LogP contribution in [0.5, 0.6) is 5.75 Å². The molecule has 1 unspecified atom stereocenters. The van der Waals surface area contributed by atoms with Crippen molar-refractivity contribution in [3.05, 3.63) is 44.7 Å². The van der Waals surface area contributed by atoms with Crippen molar-refractivity contribution in [2.75, 3.05) is 18.5 Å². The molecule has 0 aliphatic heterocycles. The van der Waals surface area contributed by atoms with Gasteiger partial charge in [0.15, 0.2) is 6.61 Å². The molecule has 1 atom stereocenters. The molecule has 0 radical (unpaired) electrons. The van der Waals surface area contributed by atoms with Gasteiger partial charge in [-0.05, 0) is 67.3 Å². The molecular weight excluding hydrogens is 466 g/mol. The lowest BCUT2D eigenvalue weighted by Gasteiger charge is -2.33. The Kier molecular flexibility index (Phi) is 7.24. The van der Waals surface area contributed by atoms with Crippen LogP contribution in [0.3, 0.4) is 0 Å². The zero-order valence-corrected chi connectivity index (χ0v) is 20.2. The number of carbonyl (C=O) groups is 2. The number of hydrogen-bond donors (Lipinski definition) is 1. The van der Waals surface area contributed by atoms with E-state index in [0.29, 0.717) is 28.8 Å². The third-order valence-electron chi connectivity index (χ3n) is 5.41. The second-order valence-electron chi connectivity index (χ2n) is 8.52. The molecular formula is C23H28BrNO4S. The summed E-state index contributed by atoms with van der Waals surface area (Å²) in [7, 11) is 0. The van der Waals surface area contributed by atoms with Crippen molar-refractivity contribution in [1.29, 1.82) is 0 Å². The van der Waals surface area contributed by atoms with Gasteiger partial charge in [0.05, 0.1) is 12.2 Å². The highest BCUT2D eigenvalue weighted by Crippen LogP contribution is 2.44. The number of fused-ring (bicyclic) bond motifs is 1. The number of esters is 1. The van der Waals surface area contributed by atoms with Gasteiger partial charge in [0.25, 0.3) is 5.91 Å². The number of thiophene rings is 1. The predicted molar refractivity (Wildman–Crippen MR) is 124 cm³/mol. The zero-order chi connectivity index (χ0) is 21.9. The Bertz CT molecular complexity index is 915. The Labute approximate surface area is 190 Å². The summed E-state index contributed by atoms with van der Waals surface area (Å²) in [4.78, 5) is 26.4. The average molecular weight is 494 g/mol. The molecule has 3 rings (SSSR count). The first-order valence-electron chi connectivity index (χ1n) is 10.2. The predicted octanol–water partition coefficient (Wildman–Crippen LogP) is 5.86. The van der Waals surface area contributed by atoms with Crippen molar-refractivity contribution in [3.8, 4) is 5.75 Å². The molecule has 7 heteroatoms. The lowest BCUT2D eigenvalue weighted by molar-refractivity contribution is -0.118. The number of ether oxygens (including phenoxy) is 2. The van der Waals surface area contributed by atoms with Crippen LogP contribution in [-0.4, -0.2) is 25.1 Å². The van der Waals surface area contributed by atoms with Crippen molar-refractivity contribution in [1.82, 2.24) is 0 Å². The van der Waals surface area contributed by atoms with Crippen molar-refractivity contribution in [2.45, 2.75) is 47.0 Å². The van der Waals surface area contributed by atoms with Crippen LogP contribution in [0.15, 0.2) is 28.7 Å². The minimum Gasteiger partial charge on any atom is -0.484 e. The molecule has 5 nitrogen and oxygen atoms in total. The number of benzene rings is 1. The van der Waals surface area contributed by atoms with Gasteiger partial charge in [0.2, 0.25) is 0 Å². The van der Waals surface area contributed by atoms with Gasteiger partial charge in [-0.3, -0.25) is 4.79 Å². The fraction of sp³-hybridized carbons (Fsp3) is 0.478. The summed E-state index contributed by atoms with van der Waals surface area (Å²) in [6.45, 7) is 8.72. The van der Waals surface area contributed by atoms with E-state index in [2.05, 4.69) is 42.0 Å². The summed E-state index contributed by atoms with van der Waals surface area (Å²) in [5.41, 5.74) is 1.75. The Hall–Kier alpha value is -1.86. The standard InChI is InChI=1S/C23H28BrNO4S/c1-5-28-22(27)20-17-11-6-14(23(2,3)4)12-18(17)30-21(20)25-19(26)13-29-16-9-7-15(24)8-10-16/h7-10,14H,5-6,11-13H2,1-4H3,(H,25,26). The van der Waals surface area contributed by atoms with Crippen LogP contribution >= 0.6 is 27.3 Å². The number of amides is 1. The van der Waals surface area contributed by atoms with Gasteiger partial charge in [-0.1, -0.05) is 36.7 Å². The average Bonchev–Trinajstić information content (AvgIpc) is 3.04. The van der Waals surface area contributed by atoms with Crippen LogP contribution < -0.4 is 10.1 Å². The van der Waals surface area contributed by atoms with Gasteiger partial charge in [0.1, 0.15) is 10.8 Å². The van der Waals surface area contributed by atoms with E-state index in [9.17, 15) is 9.59 Å². The number of hydrogen-bond acceptors (Lipinski definition) is 5. The summed E-state index contributed by atoms with van der Waals surface area (Å²) in [5, 5.41) is 3.45. The Morgan fingerprint density at radius 3 is 2.57 bits per heavy atom. The second kappa shape index (κ2) is 9.52. The van der Waals surface area contributed by atoms with Crippen LogP contribution in [0.1, 0.15) is 54.9 Å². The molecule has 30 heavy (non-hydrogen) atoms. The molecule has 1 N–H and O–H groups in total. The number of nitrogens with one attached hydrogen (secondary N) is 1. The first-order chi connectivity index (χ1) is 14.2. The quantitative estimate of drug-likeness (QED) is 0.512. The van der Waals surface area contributed by atoms with Gasteiger partial charge >= 0.3 is 5.97 Å². The molecule has 2 aromatic rings. The van der Waals surface area contributed by atoms with Gasteiger partial charge in [-0.25, -0.2) is 4.79 Å². The van der Waals surface area contributed by atoms with Crippen LogP contribution in [0, 0.1) is 11.3 Å². The normalized spacial score (nSPS) is 16.0. The highest BCUT2D eigenvalue weighted by atomic mass is 79.9. The van der Waals surface area contributed by atoms with Crippen molar-refractivity contribution in [3.63, 3.8) is 0 Å². The number of anilines is 1. The van der Waals surface area contributed by atoms with E-state index in [0.717, 1.165) is 29.3 Å². The first kappa shape index (κ1) is 22.8. The topological polar surface area (TPSA) is 64.6 Å². The van der Waals surface area contributed by atoms with E-state index >= 15 is 0 Å². The Morgan fingerprint density at radius 2 is 1.93 bits per heavy atom. The summed E-state index contributed by atoms with van der Waals surface area (Å²) in [6, 6.07) is 7.28. The van der Waals surface area contributed by atoms with Gasteiger partial charge in [0, 0.05) is 9.35 Å². The fourth-order valence-corrected chi connectivity index (χ4v) is 5.27. The van der Waals surface area contributed by atoms with Crippen LogP contribution in [0.4, 0.5) is 5.00 Å². The van der Waals surface area contributed by atoms with E-state index in [4.69, 9.17) is 9.47 Å². The monoisotopic (exact) mass is 493 g/mol. The number of halogens is 1. The molecule has 1 heterocycles. The Morgan fingerprint density at radius 1 is 1.23 bits per heavy atom. The third kappa shape index (κ3) is 5.43. The molecule has 0 spiro atoms. The molecule has 1 amide bonds. The van der Waals surface area contributed by atoms with Gasteiger partial charge in [-0.15, -0.1) is 11.3 Å². The van der Waals surface area contributed by atoms with Crippen LogP contribution in [-0.2, 0) is 22.4 Å². The largest absolute Gasteiger partial charge is 0.484 e. The van der Waals surface area contributed by atoms with E-state index in [1.165, 1.54) is 16.2 Å². The number of rotatable bonds is 6. The van der Waals surface area contributed by atoms with Crippen LogP contribution in [0.25, 0.3) is 0 Å². The summed E-state index contributed by atoms with van der Waals surface area (Å²) in [5.74, 6) is 0.489. The molecule has 0 saturated carbocycles. The van der Waals surface area contributed by atoms with Gasteiger partial charge < -0.3 is 14.8 Å². The second-order valence-corrected chi connectivity index (χ2v) is 10.5. The summed E-state index contributed by atoms with van der Waals surface area (Å²) >= 11 is 4.86. The van der Waals surface area contributed by atoms with Crippen molar-refractivity contribution >= 4 is 44.1 Å². The SMILES string of the molecule is CCOC(=O)c1c(NC(=O)COc2ccc(Br)cc2)sc2c1CCC(C(C)(C)C)C2. The molecule has 1 aliphatic rings. The first-order valence-corrected chi connectivity index (χ1v) is 11.8. The fourth-order valence-electron chi connectivity index (χ4n) is 3.67. The zero-order valence-electron chi connectivity index (χ0n) is 17.8. The molecule has 0 saturated heterocycles. The number of carbonyl (C=O) groups excluding carboxylic acids is 2. The molecule has 1 aliphatic carbocycles. The smallest absolute Gasteiger partial charge is 0.341 e. The molecule has 0 fully saturated rings. The minimum absolute atomic E-state index is 0.128. The maximum Gasteiger partial charge on any atom is 0.341 e. The maximum atomic E-state index is 12.7. The summed E-state index contributed by atoms with van der Waals surface area (Å²) < 4.78 is 11.8. The molecule has 162 valence electrons. The van der Waals surface area contributed by atoms with Gasteiger partial charge in [-0.2, -0.15) is 0 Å². The van der Waals surface area contributed by atoms with Crippen molar-refractivity contribution in [2.24, 2.45) is 11.3 Å². The molecule has 0 bridgehead atoms. The lowest BCUT2D eigenvalue weighted by Crippen LogP contribution is -2.26. The van der Waals surface area contributed by atoms with E-state index in [-0.39, 0.29) is 23.9 Å². The van der Waals surface area contributed by atoms with E-state index in [1.54, 1.807) is 19.1 Å². The molecule has 1 aromatic heterocycles. The molecule has 1 aromatic carbocycles. The third-order valence-corrected chi connectivity index (χ3v) is 7.10. The van der Waals surface area contributed by atoms with Crippen molar-refractivity contribution < 1.29 is 19.1 Å². The highest BCUT2D eigenvalue weighted by molar-refractivity contribution is 9.10. The minimum atomic E-state index is -0.367. The lowest BCUT2D eigenvalue weighted by atomic mass is 9.72. The van der Waals surface area contributed by atoms with Crippen LogP contribution in [0.2, 0.25) is 0 Å². The van der Waals surface area contributed by atoms with E-state index in [1.807, 2.05) is 12.1 Å². The Balaban J connectivity index is 1.77. The summed E-state index contributed by atoms with van der Waals surface area (Å²) in [6.07, 6.45) is 2.77. The van der Waals surface area contributed by atoms with E-state index < -0.39 is 0 Å².